The molecule has 3 atom stereocenters. The van der Waals surface area contributed by atoms with Crippen molar-refractivity contribution in [3.63, 3.8) is 0 Å². The molecule has 2 fully saturated rings. The first-order valence-electron chi connectivity index (χ1n) is 11.6. The summed E-state index contributed by atoms with van der Waals surface area (Å²) in [5.41, 5.74) is 1.81. The molecule has 1 N–H and O–H groups in total. The maximum atomic E-state index is 13.8. The fraction of sp³-hybridized carbons (Fsp3) is 0.259. The summed E-state index contributed by atoms with van der Waals surface area (Å²) in [7, 11) is 1.45. The van der Waals surface area contributed by atoms with Crippen molar-refractivity contribution in [2.45, 2.75) is 25.5 Å². The Kier molecular flexibility index (Phi) is 6.59. The van der Waals surface area contributed by atoms with Crippen LogP contribution in [-0.2, 0) is 14.4 Å². The highest BCUT2D eigenvalue weighted by Gasteiger charge is 2.60. The lowest BCUT2D eigenvalue weighted by Gasteiger charge is -2.29. The second-order valence-electron chi connectivity index (χ2n) is 8.57. The summed E-state index contributed by atoms with van der Waals surface area (Å²) in [5.74, 6) is -0.740. The molecule has 2 amide bonds. The number of hydrogen-bond donors (Lipinski definition) is 1. The number of hydroxylamine groups is 1. The van der Waals surface area contributed by atoms with Crippen molar-refractivity contribution < 1.29 is 29.0 Å². The molecule has 3 aromatic carbocycles. The van der Waals surface area contributed by atoms with Gasteiger partial charge in [0.1, 0.15) is 11.7 Å². The predicted molar refractivity (Wildman–Crippen MR) is 137 cm³/mol. The number of methoxy groups -OCH3 is 1. The molecule has 8 nitrogen and oxygen atoms in total. The van der Waals surface area contributed by atoms with E-state index >= 15 is 0 Å². The van der Waals surface area contributed by atoms with E-state index in [-0.39, 0.29) is 17.4 Å². The molecule has 2 saturated heterocycles. The zero-order valence-corrected chi connectivity index (χ0v) is 21.3. The van der Waals surface area contributed by atoms with Gasteiger partial charge >= 0.3 is 0 Å². The first-order chi connectivity index (χ1) is 17.4. The number of hydrogen-bond acceptors (Lipinski definition) is 7. The minimum Gasteiger partial charge on any atom is -0.503 e. The molecular formula is C27H25BrN2O6. The summed E-state index contributed by atoms with van der Waals surface area (Å²) in [5, 5.41) is 11.9. The number of benzene rings is 3. The Morgan fingerprint density at radius 2 is 1.72 bits per heavy atom. The maximum absolute atomic E-state index is 13.8. The molecule has 2 aliphatic rings. The van der Waals surface area contributed by atoms with Crippen LogP contribution in [0.1, 0.15) is 24.9 Å². The maximum Gasteiger partial charge on any atom is 0.266 e. The van der Waals surface area contributed by atoms with Crippen LogP contribution < -0.4 is 19.4 Å². The van der Waals surface area contributed by atoms with E-state index in [9.17, 15) is 14.7 Å². The quantitative estimate of drug-likeness (QED) is 0.412. The third-order valence-electron chi connectivity index (χ3n) is 6.31. The molecule has 5 rings (SSSR count). The molecule has 3 aromatic rings. The van der Waals surface area contributed by atoms with Crippen LogP contribution in [0.15, 0.2) is 71.2 Å². The van der Waals surface area contributed by atoms with Crippen LogP contribution >= 0.6 is 15.9 Å². The SMILES string of the molecule is CCCOc1ccc(N2C(=O)[C@H]3[C@@H](ON(c4ccccc4)[C@H]3c3cc(Br)c(O)c(OC)c3)C2=O)cc1. The predicted octanol–water partition coefficient (Wildman–Crippen LogP) is 5.00. The van der Waals surface area contributed by atoms with E-state index in [1.807, 2.05) is 37.3 Å². The second kappa shape index (κ2) is 9.83. The van der Waals surface area contributed by atoms with Gasteiger partial charge < -0.3 is 14.6 Å². The van der Waals surface area contributed by atoms with Crippen molar-refractivity contribution >= 4 is 39.1 Å². The number of ether oxygens (including phenoxy) is 2. The zero-order chi connectivity index (χ0) is 25.4. The monoisotopic (exact) mass is 552 g/mol. The topological polar surface area (TPSA) is 88.5 Å². The Balaban J connectivity index is 1.54. The van der Waals surface area contributed by atoms with Crippen LogP contribution in [0.2, 0.25) is 0 Å². The largest absolute Gasteiger partial charge is 0.503 e. The van der Waals surface area contributed by atoms with Crippen LogP contribution in [0.25, 0.3) is 0 Å². The lowest BCUT2D eigenvalue weighted by atomic mass is 9.90. The van der Waals surface area contributed by atoms with E-state index in [4.69, 9.17) is 14.3 Å². The number of imide groups is 1. The molecule has 0 bridgehead atoms. The number of fused-ring (bicyclic) bond motifs is 1. The molecule has 0 saturated carbocycles. The molecule has 9 heteroatoms. The number of halogens is 1. The van der Waals surface area contributed by atoms with Gasteiger partial charge in [-0.1, -0.05) is 25.1 Å². The first kappa shape index (κ1) is 24.1. The number of para-hydroxylation sites is 1. The van der Waals surface area contributed by atoms with Gasteiger partial charge in [-0.15, -0.1) is 0 Å². The highest BCUT2D eigenvalue weighted by molar-refractivity contribution is 9.10. The molecule has 0 aromatic heterocycles. The average molecular weight is 553 g/mol. The van der Waals surface area contributed by atoms with Gasteiger partial charge in [-0.05, 0) is 76.4 Å². The van der Waals surface area contributed by atoms with Gasteiger partial charge in [-0.2, -0.15) is 0 Å². The number of phenolic OH excluding ortho intramolecular Hbond substituents is 1. The molecule has 36 heavy (non-hydrogen) atoms. The molecule has 186 valence electrons. The molecule has 2 aliphatic heterocycles. The number of phenols is 1. The minimum atomic E-state index is -1.00. The molecular weight excluding hydrogens is 528 g/mol. The van der Waals surface area contributed by atoms with Gasteiger partial charge in [0.15, 0.2) is 17.6 Å². The van der Waals surface area contributed by atoms with Crippen LogP contribution in [0.5, 0.6) is 17.2 Å². The van der Waals surface area contributed by atoms with Gasteiger partial charge in [0.2, 0.25) is 5.91 Å². The fourth-order valence-corrected chi connectivity index (χ4v) is 5.10. The molecule has 0 radical (unpaired) electrons. The van der Waals surface area contributed by atoms with Crippen molar-refractivity contribution in [2.24, 2.45) is 5.92 Å². The number of anilines is 2. The first-order valence-corrected chi connectivity index (χ1v) is 12.4. The standard InChI is InChI=1S/C27H25BrN2O6/c1-3-13-35-19-11-9-17(10-12-19)29-26(32)22-23(16-14-20(28)24(31)21(15-16)34-2)30(36-25(22)27(29)33)18-7-5-4-6-8-18/h4-12,14-15,22-23,25,31H,3,13H2,1-2H3/t22-,23+,25-/m1/s1. The van der Waals surface area contributed by atoms with Crippen LogP contribution in [0.3, 0.4) is 0 Å². The number of aromatic hydroxyl groups is 1. The number of amides is 2. The van der Waals surface area contributed by atoms with Gasteiger partial charge in [0, 0.05) is 0 Å². The summed E-state index contributed by atoms with van der Waals surface area (Å²) in [6.07, 6.45) is -0.125. The summed E-state index contributed by atoms with van der Waals surface area (Å²) in [6.45, 7) is 2.60. The number of carbonyl (C=O) groups is 2. The van der Waals surface area contributed by atoms with Gasteiger partial charge in [-0.3, -0.25) is 14.4 Å². The van der Waals surface area contributed by atoms with Crippen molar-refractivity contribution in [3.05, 3.63) is 76.8 Å². The normalized spacial score (nSPS) is 21.1. The second-order valence-corrected chi connectivity index (χ2v) is 9.42. The van der Waals surface area contributed by atoms with E-state index < -0.39 is 24.0 Å². The molecule has 0 aliphatic carbocycles. The Labute approximate surface area is 217 Å². The van der Waals surface area contributed by atoms with Gasteiger partial charge in [-0.25, -0.2) is 9.96 Å². The van der Waals surface area contributed by atoms with Crippen molar-refractivity contribution in [2.75, 3.05) is 23.7 Å². The lowest BCUT2D eigenvalue weighted by molar-refractivity contribution is -0.126. The molecule has 2 heterocycles. The average Bonchev–Trinajstić information content (AvgIpc) is 3.41. The van der Waals surface area contributed by atoms with Gasteiger partial charge in [0.25, 0.3) is 5.91 Å². The summed E-state index contributed by atoms with van der Waals surface area (Å²) < 4.78 is 11.4. The van der Waals surface area contributed by atoms with E-state index in [1.165, 1.54) is 12.0 Å². The molecule has 0 unspecified atom stereocenters. The third-order valence-corrected chi connectivity index (χ3v) is 6.91. The van der Waals surface area contributed by atoms with Crippen LogP contribution in [0.4, 0.5) is 11.4 Å². The number of carbonyl (C=O) groups excluding carboxylic acids is 2. The highest BCUT2D eigenvalue weighted by atomic mass is 79.9. The third kappa shape index (κ3) is 4.08. The van der Waals surface area contributed by atoms with Crippen molar-refractivity contribution in [3.8, 4) is 17.2 Å². The van der Waals surface area contributed by atoms with E-state index in [0.717, 1.165) is 6.42 Å². The highest BCUT2D eigenvalue weighted by Crippen LogP contribution is 2.49. The van der Waals surface area contributed by atoms with Crippen molar-refractivity contribution in [1.82, 2.24) is 0 Å². The Morgan fingerprint density at radius 3 is 2.39 bits per heavy atom. The van der Waals surface area contributed by atoms with E-state index in [2.05, 4.69) is 15.9 Å². The smallest absolute Gasteiger partial charge is 0.266 e. The van der Waals surface area contributed by atoms with E-state index in [0.29, 0.717) is 33.8 Å². The Hall–Kier alpha value is -3.56. The zero-order valence-electron chi connectivity index (χ0n) is 19.8. The minimum absolute atomic E-state index is 0.0520. The Morgan fingerprint density at radius 1 is 1.00 bits per heavy atom. The van der Waals surface area contributed by atoms with Crippen molar-refractivity contribution in [1.29, 1.82) is 0 Å². The van der Waals surface area contributed by atoms with E-state index in [1.54, 1.807) is 41.5 Å². The summed E-state index contributed by atoms with van der Waals surface area (Å²) in [4.78, 5) is 34.7. The number of rotatable bonds is 7. The molecule has 0 spiro atoms. The summed E-state index contributed by atoms with van der Waals surface area (Å²) in [6, 6.07) is 18.9. The van der Waals surface area contributed by atoms with Crippen LogP contribution in [-0.4, -0.2) is 36.7 Å². The number of nitrogens with zero attached hydrogens (tertiary/aromatic N) is 2. The lowest BCUT2D eigenvalue weighted by Crippen LogP contribution is -2.37. The summed E-state index contributed by atoms with van der Waals surface area (Å²) >= 11 is 3.37. The Bertz CT molecular complexity index is 1280. The van der Waals surface area contributed by atoms with Crippen LogP contribution in [0, 0.1) is 5.92 Å². The van der Waals surface area contributed by atoms with Gasteiger partial charge in [0.05, 0.1) is 35.6 Å². The fourth-order valence-electron chi connectivity index (χ4n) is 4.64.